The first-order valence-corrected chi connectivity index (χ1v) is 16.3. The van der Waals surface area contributed by atoms with Crippen molar-refractivity contribution >= 4 is 23.2 Å². The van der Waals surface area contributed by atoms with Crippen LogP contribution in [0.15, 0.2) is 89.3 Å². The number of ether oxygens (including phenoxy) is 2. The largest absolute Gasteiger partial charge is 0.493 e. The van der Waals surface area contributed by atoms with E-state index in [4.69, 9.17) is 21.1 Å². The summed E-state index contributed by atoms with van der Waals surface area (Å²) < 4.78 is 25.3. The second-order valence-electron chi connectivity index (χ2n) is 14.4. The van der Waals surface area contributed by atoms with Crippen LogP contribution >= 0.6 is 11.6 Å². The van der Waals surface area contributed by atoms with Crippen molar-refractivity contribution in [1.82, 2.24) is 4.90 Å². The van der Waals surface area contributed by atoms with E-state index in [1.807, 2.05) is 30.3 Å². The Morgan fingerprint density at radius 2 is 1.41 bits per heavy atom. The normalized spacial score (nSPS) is 19.2. The average molecular weight is 642 g/mol. The average Bonchev–Trinajstić information content (AvgIpc) is 2.99. The molecule has 3 aromatic carbocycles. The molecule has 0 saturated carbocycles. The van der Waals surface area contributed by atoms with Gasteiger partial charge in [-0.05, 0) is 71.0 Å². The lowest BCUT2D eigenvalue weighted by atomic mass is 9.63. The van der Waals surface area contributed by atoms with E-state index in [0.717, 1.165) is 41.8 Å². The molecule has 0 amide bonds. The van der Waals surface area contributed by atoms with Crippen LogP contribution in [0.25, 0.3) is 0 Å². The lowest BCUT2D eigenvalue weighted by Gasteiger charge is -2.49. The molecule has 3 aromatic rings. The number of methoxy groups -OCH3 is 1. The Morgan fingerprint density at radius 1 is 0.826 bits per heavy atom. The monoisotopic (exact) mass is 641 g/mol. The number of halogens is 2. The van der Waals surface area contributed by atoms with E-state index >= 15 is 0 Å². The van der Waals surface area contributed by atoms with E-state index in [9.17, 15) is 14.0 Å². The highest BCUT2D eigenvalue weighted by molar-refractivity contribution is 6.32. The van der Waals surface area contributed by atoms with Crippen LogP contribution in [-0.4, -0.2) is 30.1 Å². The number of hydrogen-bond donors (Lipinski definition) is 0. The molecule has 5 nitrogen and oxygen atoms in total. The van der Waals surface area contributed by atoms with Gasteiger partial charge in [-0.1, -0.05) is 81.8 Å². The fourth-order valence-electron chi connectivity index (χ4n) is 7.32. The second-order valence-corrected chi connectivity index (χ2v) is 14.8. The number of carbonyl (C=O) groups excluding carboxylic acids is 2. The number of carbonyl (C=O) groups is 2. The van der Waals surface area contributed by atoms with Crippen molar-refractivity contribution in [3.63, 3.8) is 0 Å². The molecule has 0 unspecified atom stereocenters. The Hall–Kier alpha value is -3.90. The first-order chi connectivity index (χ1) is 21.9. The van der Waals surface area contributed by atoms with Crippen molar-refractivity contribution in [3.8, 4) is 11.5 Å². The molecule has 6 rings (SSSR count). The summed E-state index contributed by atoms with van der Waals surface area (Å²) in [5.74, 6) is 0.0238. The van der Waals surface area contributed by atoms with E-state index < -0.39 is 5.92 Å². The second kappa shape index (κ2) is 12.4. The van der Waals surface area contributed by atoms with Gasteiger partial charge in [-0.2, -0.15) is 0 Å². The predicted molar refractivity (Wildman–Crippen MR) is 178 cm³/mol. The lowest BCUT2D eigenvalue weighted by molar-refractivity contribution is -0.119. The van der Waals surface area contributed by atoms with E-state index in [-0.39, 0.29) is 34.8 Å². The van der Waals surface area contributed by atoms with Crippen LogP contribution in [0.1, 0.15) is 76.0 Å². The third-order valence-corrected chi connectivity index (χ3v) is 9.65. The highest BCUT2D eigenvalue weighted by Gasteiger charge is 2.49. The molecular formula is C39H41ClFNO4. The van der Waals surface area contributed by atoms with Crippen LogP contribution in [0.4, 0.5) is 4.39 Å². The molecule has 2 aliphatic carbocycles. The van der Waals surface area contributed by atoms with Crippen LogP contribution in [0.5, 0.6) is 11.5 Å². The maximum atomic E-state index is 14.2. The zero-order chi connectivity index (χ0) is 32.8. The summed E-state index contributed by atoms with van der Waals surface area (Å²) in [6.07, 6.45) is 3.06. The number of benzene rings is 3. The minimum Gasteiger partial charge on any atom is -0.493 e. The molecule has 0 N–H and O–H groups in total. The Labute approximate surface area is 276 Å². The summed E-state index contributed by atoms with van der Waals surface area (Å²) in [7, 11) is 1.55. The van der Waals surface area contributed by atoms with E-state index in [0.29, 0.717) is 47.1 Å². The third-order valence-electron chi connectivity index (χ3n) is 9.37. The fraction of sp³-hybridized carbons (Fsp3) is 0.385. The Kier molecular flexibility index (Phi) is 8.62. The van der Waals surface area contributed by atoms with Crippen molar-refractivity contribution in [3.05, 3.63) is 117 Å². The van der Waals surface area contributed by atoms with E-state index in [1.54, 1.807) is 19.2 Å². The summed E-state index contributed by atoms with van der Waals surface area (Å²) in [5, 5.41) is 0.319. The Bertz CT molecular complexity index is 1690. The summed E-state index contributed by atoms with van der Waals surface area (Å²) in [5.41, 5.74) is 5.70. The highest BCUT2D eigenvalue weighted by atomic mass is 35.5. The van der Waals surface area contributed by atoms with E-state index in [1.165, 1.54) is 17.7 Å². The highest BCUT2D eigenvalue weighted by Crippen LogP contribution is 2.55. The predicted octanol–water partition coefficient (Wildman–Crippen LogP) is 9.00. The molecule has 46 heavy (non-hydrogen) atoms. The van der Waals surface area contributed by atoms with Crippen LogP contribution in [0.3, 0.4) is 0 Å². The first-order valence-electron chi connectivity index (χ1n) is 15.9. The molecular weight excluding hydrogens is 601 g/mol. The quantitative estimate of drug-likeness (QED) is 0.246. The molecule has 1 heterocycles. The Morgan fingerprint density at radius 3 is 1.98 bits per heavy atom. The van der Waals surface area contributed by atoms with Gasteiger partial charge in [0.25, 0.3) is 0 Å². The van der Waals surface area contributed by atoms with Gasteiger partial charge >= 0.3 is 0 Å². The summed E-state index contributed by atoms with van der Waals surface area (Å²) in [6, 6.07) is 20.1. The van der Waals surface area contributed by atoms with Crippen LogP contribution in [-0.2, 0) is 22.6 Å². The van der Waals surface area contributed by atoms with Crippen LogP contribution < -0.4 is 9.47 Å². The van der Waals surface area contributed by atoms with Gasteiger partial charge in [-0.15, -0.1) is 0 Å². The van der Waals surface area contributed by atoms with Crippen molar-refractivity contribution in [1.29, 1.82) is 0 Å². The molecule has 0 spiro atoms. The maximum Gasteiger partial charge on any atom is 0.180 e. The van der Waals surface area contributed by atoms with Gasteiger partial charge < -0.3 is 14.4 Å². The summed E-state index contributed by atoms with van der Waals surface area (Å²) in [4.78, 5) is 30.7. The summed E-state index contributed by atoms with van der Waals surface area (Å²) >= 11 is 6.91. The van der Waals surface area contributed by atoms with Crippen LogP contribution in [0.2, 0.25) is 5.02 Å². The van der Waals surface area contributed by atoms with Gasteiger partial charge in [0.15, 0.2) is 23.1 Å². The van der Waals surface area contributed by atoms with Gasteiger partial charge in [0.2, 0.25) is 0 Å². The number of ketones is 2. The molecule has 0 bridgehead atoms. The molecule has 240 valence electrons. The number of allylic oxidation sites excluding steroid dienone is 4. The SMILES string of the molecule is COc1cc(C2C3=C(CC(C)(C)CC3=O)N(CCc3ccccc3)C3=C2C(=O)CC(C)(C)C3)cc(Cl)c1OCc1ccc(F)cc1. The lowest BCUT2D eigenvalue weighted by Crippen LogP contribution is -2.45. The van der Waals surface area contributed by atoms with Gasteiger partial charge in [-0.3, -0.25) is 9.59 Å². The molecule has 3 aliphatic rings. The molecule has 0 saturated heterocycles. The smallest absolute Gasteiger partial charge is 0.180 e. The third kappa shape index (κ3) is 6.37. The molecule has 0 atom stereocenters. The standard InChI is InChI=1S/C39H41ClFNO4/c1-38(2)19-29-35(31(43)21-38)34(26-17-28(40)37(33(18-26)45-5)46-23-25-11-13-27(41)14-12-25)36-30(20-39(3,4)22-32(36)44)42(29)16-15-24-9-7-6-8-10-24/h6-14,17-18,34H,15-16,19-23H2,1-5H3. The van der Waals surface area contributed by atoms with Crippen LogP contribution in [0, 0.1) is 16.6 Å². The van der Waals surface area contributed by atoms with Gasteiger partial charge in [-0.25, -0.2) is 4.39 Å². The minimum absolute atomic E-state index is 0.0665. The number of hydrogen-bond acceptors (Lipinski definition) is 5. The summed E-state index contributed by atoms with van der Waals surface area (Å²) in [6.45, 7) is 9.43. The molecule has 0 aromatic heterocycles. The Balaban J connectivity index is 1.47. The van der Waals surface area contributed by atoms with Crippen molar-refractivity contribution in [2.75, 3.05) is 13.7 Å². The minimum atomic E-state index is -0.553. The number of Topliss-reactive ketones (excluding diaryl/α,β-unsaturated/α-hetero) is 2. The zero-order valence-electron chi connectivity index (χ0n) is 27.2. The molecule has 1 aliphatic heterocycles. The zero-order valence-corrected chi connectivity index (χ0v) is 28.0. The molecule has 7 heteroatoms. The molecule has 0 fully saturated rings. The van der Waals surface area contributed by atoms with Gasteiger partial charge in [0, 0.05) is 47.8 Å². The number of rotatable bonds is 8. The molecule has 0 radical (unpaired) electrons. The fourth-order valence-corrected chi connectivity index (χ4v) is 7.59. The van der Waals surface area contributed by atoms with Crippen molar-refractivity contribution in [2.45, 2.75) is 72.3 Å². The van der Waals surface area contributed by atoms with Gasteiger partial charge in [0.1, 0.15) is 12.4 Å². The van der Waals surface area contributed by atoms with Crippen molar-refractivity contribution in [2.24, 2.45) is 10.8 Å². The maximum absolute atomic E-state index is 14.2. The van der Waals surface area contributed by atoms with Gasteiger partial charge in [0.05, 0.1) is 12.1 Å². The van der Waals surface area contributed by atoms with Crippen molar-refractivity contribution < 1.29 is 23.5 Å². The van der Waals surface area contributed by atoms with E-state index in [2.05, 4.69) is 44.7 Å². The number of nitrogens with zero attached hydrogens (tertiary/aromatic N) is 1. The topological polar surface area (TPSA) is 55.8 Å². The first kappa shape index (κ1) is 32.1.